The van der Waals surface area contributed by atoms with Crippen molar-refractivity contribution in [1.82, 2.24) is 15.1 Å². The van der Waals surface area contributed by atoms with Crippen LogP contribution in [0.15, 0.2) is 0 Å². The third-order valence-electron chi connectivity index (χ3n) is 3.93. The zero-order valence-electron chi connectivity index (χ0n) is 14.7. The quantitative estimate of drug-likeness (QED) is 0.670. The Morgan fingerprint density at radius 2 is 1.90 bits per heavy atom. The van der Waals surface area contributed by atoms with E-state index in [4.69, 9.17) is 9.84 Å². The Morgan fingerprint density at radius 1 is 1.19 bits per heavy atom. The van der Waals surface area contributed by atoms with Crippen molar-refractivity contribution in [3.05, 3.63) is 17.0 Å². The number of nitrogens with zero attached hydrogens (tertiary/aromatic N) is 2. The van der Waals surface area contributed by atoms with Crippen LogP contribution in [-0.2, 0) is 11.3 Å². The predicted molar refractivity (Wildman–Crippen MR) is 88.7 cm³/mol. The Labute approximate surface area is 130 Å². The lowest BCUT2D eigenvalue weighted by Crippen LogP contribution is -2.21. The zero-order chi connectivity index (χ0) is 15.8. The van der Waals surface area contributed by atoms with E-state index in [1.54, 1.807) is 0 Å². The van der Waals surface area contributed by atoms with Gasteiger partial charge in [-0.15, -0.1) is 0 Å². The van der Waals surface area contributed by atoms with Gasteiger partial charge in [0.1, 0.15) is 0 Å². The molecule has 0 saturated carbocycles. The molecule has 0 fully saturated rings. The summed E-state index contributed by atoms with van der Waals surface area (Å²) in [5.41, 5.74) is 3.77. The number of nitrogens with one attached hydrogen (secondary N) is 1. The molecule has 0 spiro atoms. The van der Waals surface area contributed by atoms with Crippen molar-refractivity contribution < 1.29 is 4.74 Å². The summed E-state index contributed by atoms with van der Waals surface area (Å²) < 4.78 is 7.81. The molecule has 0 saturated heterocycles. The van der Waals surface area contributed by atoms with Crippen LogP contribution in [0.4, 0.5) is 0 Å². The van der Waals surface area contributed by atoms with Crippen LogP contribution in [0.3, 0.4) is 0 Å². The summed E-state index contributed by atoms with van der Waals surface area (Å²) >= 11 is 0. The molecule has 1 atom stereocenters. The van der Waals surface area contributed by atoms with E-state index in [2.05, 4.69) is 51.5 Å². The normalized spacial score (nSPS) is 13.1. The third kappa shape index (κ3) is 5.44. The smallest absolute Gasteiger partial charge is 0.0662 e. The minimum atomic E-state index is 0.408. The molecule has 0 aliphatic rings. The van der Waals surface area contributed by atoms with Gasteiger partial charge in [0.25, 0.3) is 0 Å². The van der Waals surface area contributed by atoms with Gasteiger partial charge in [-0.25, -0.2) is 0 Å². The molecule has 4 nitrogen and oxygen atoms in total. The summed E-state index contributed by atoms with van der Waals surface area (Å²) in [5, 5.41) is 8.24. The van der Waals surface area contributed by atoms with Crippen LogP contribution >= 0.6 is 0 Å². The van der Waals surface area contributed by atoms with Crippen LogP contribution in [0.25, 0.3) is 0 Å². The van der Waals surface area contributed by atoms with Gasteiger partial charge in [-0.2, -0.15) is 5.10 Å². The first kappa shape index (κ1) is 18.2. The van der Waals surface area contributed by atoms with Crippen LogP contribution < -0.4 is 5.32 Å². The van der Waals surface area contributed by atoms with Crippen LogP contribution in [0.2, 0.25) is 0 Å². The van der Waals surface area contributed by atoms with Crippen molar-refractivity contribution in [3.8, 4) is 0 Å². The van der Waals surface area contributed by atoms with E-state index < -0.39 is 0 Å². The molecule has 0 amide bonds. The van der Waals surface area contributed by atoms with Gasteiger partial charge < -0.3 is 10.1 Å². The van der Waals surface area contributed by atoms with E-state index in [1.807, 2.05) is 0 Å². The van der Waals surface area contributed by atoms with Crippen LogP contribution in [-0.4, -0.2) is 29.5 Å². The standard InChI is InChI=1S/C17H33N3O/c1-7-16(18-8-2)17-14(5)19-20(15(17)6)10-12-21-11-9-13(3)4/h13,16,18H,7-12H2,1-6H3. The van der Waals surface area contributed by atoms with Crippen molar-refractivity contribution in [2.24, 2.45) is 5.92 Å². The summed E-state index contributed by atoms with van der Waals surface area (Å²) in [6, 6.07) is 0.408. The number of aromatic nitrogens is 2. The molecule has 122 valence electrons. The highest BCUT2D eigenvalue weighted by molar-refractivity contribution is 5.28. The van der Waals surface area contributed by atoms with Gasteiger partial charge in [0, 0.05) is 23.9 Å². The Hall–Kier alpha value is -0.870. The Balaban J connectivity index is 2.60. The molecule has 1 rings (SSSR count). The van der Waals surface area contributed by atoms with Crippen LogP contribution in [0.5, 0.6) is 0 Å². The second-order valence-electron chi connectivity index (χ2n) is 6.12. The molecule has 21 heavy (non-hydrogen) atoms. The first-order valence-electron chi connectivity index (χ1n) is 8.36. The maximum Gasteiger partial charge on any atom is 0.0662 e. The van der Waals surface area contributed by atoms with Gasteiger partial charge in [-0.3, -0.25) is 4.68 Å². The molecule has 1 aromatic rings. The number of ether oxygens (including phenoxy) is 1. The molecule has 1 aromatic heterocycles. The minimum Gasteiger partial charge on any atom is -0.380 e. The molecule has 1 N–H and O–H groups in total. The van der Waals surface area contributed by atoms with E-state index in [-0.39, 0.29) is 0 Å². The number of rotatable bonds is 10. The first-order valence-corrected chi connectivity index (χ1v) is 8.36. The highest BCUT2D eigenvalue weighted by atomic mass is 16.5. The maximum atomic E-state index is 5.71. The molecule has 0 aliphatic heterocycles. The predicted octanol–water partition coefficient (Wildman–Crippen LogP) is 3.62. The second-order valence-corrected chi connectivity index (χ2v) is 6.12. The van der Waals surface area contributed by atoms with E-state index in [0.29, 0.717) is 12.0 Å². The Bertz CT molecular complexity index is 412. The van der Waals surface area contributed by atoms with Gasteiger partial charge in [-0.1, -0.05) is 27.7 Å². The summed E-state index contributed by atoms with van der Waals surface area (Å²) in [6.07, 6.45) is 2.22. The zero-order valence-corrected chi connectivity index (χ0v) is 14.7. The van der Waals surface area contributed by atoms with Crippen molar-refractivity contribution in [3.63, 3.8) is 0 Å². The lowest BCUT2D eigenvalue weighted by atomic mass is 10.0. The van der Waals surface area contributed by atoms with E-state index in [1.165, 1.54) is 11.3 Å². The van der Waals surface area contributed by atoms with E-state index in [0.717, 1.165) is 44.8 Å². The Morgan fingerprint density at radius 3 is 2.48 bits per heavy atom. The maximum absolute atomic E-state index is 5.71. The summed E-state index contributed by atoms with van der Waals surface area (Å²) in [6.45, 7) is 16.5. The van der Waals surface area contributed by atoms with Gasteiger partial charge in [0.15, 0.2) is 0 Å². The Kier molecular flexibility index (Phi) is 7.97. The summed E-state index contributed by atoms with van der Waals surface area (Å²) in [5.74, 6) is 0.704. The molecular formula is C17H33N3O. The number of hydrogen-bond donors (Lipinski definition) is 1. The number of aryl methyl sites for hydroxylation is 1. The fraction of sp³-hybridized carbons (Fsp3) is 0.824. The fourth-order valence-electron chi connectivity index (χ4n) is 2.70. The average molecular weight is 295 g/mol. The highest BCUT2D eigenvalue weighted by Crippen LogP contribution is 2.24. The van der Waals surface area contributed by atoms with E-state index in [9.17, 15) is 0 Å². The summed E-state index contributed by atoms with van der Waals surface area (Å²) in [4.78, 5) is 0. The largest absolute Gasteiger partial charge is 0.380 e. The van der Waals surface area contributed by atoms with Crippen LogP contribution in [0.1, 0.15) is 63.5 Å². The molecule has 4 heteroatoms. The lowest BCUT2D eigenvalue weighted by Gasteiger charge is -2.16. The lowest BCUT2D eigenvalue weighted by molar-refractivity contribution is 0.113. The monoisotopic (exact) mass is 295 g/mol. The van der Waals surface area contributed by atoms with Crippen molar-refractivity contribution >= 4 is 0 Å². The third-order valence-corrected chi connectivity index (χ3v) is 3.93. The number of hydrogen-bond acceptors (Lipinski definition) is 3. The van der Waals surface area contributed by atoms with E-state index >= 15 is 0 Å². The molecule has 1 unspecified atom stereocenters. The molecule has 0 aromatic carbocycles. The average Bonchev–Trinajstić information content (AvgIpc) is 2.71. The van der Waals surface area contributed by atoms with Gasteiger partial charge in [-0.05, 0) is 39.2 Å². The van der Waals surface area contributed by atoms with Crippen molar-refractivity contribution in [2.45, 2.75) is 67.0 Å². The summed E-state index contributed by atoms with van der Waals surface area (Å²) in [7, 11) is 0. The van der Waals surface area contributed by atoms with Crippen LogP contribution in [0, 0.1) is 19.8 Å². The van der Waals surface area contributed by atoms with Crippen molar-refractivity contribution in [2.75, 3.05) is 19.8 Å². The molecular weight excluding hydrogens is 262 g/mol. The van der Waals surface area contributed by atoms with Crippen molar-refractivity contribution in [1.29, 1.82) is 0 Å². The molecule has 1 heterocycles. The molecule has 0 bridgehead atoms. The minimum absolute atomic E-state index is 0.408. The highest BCUT2D eigenvalue weighted by Gasteiger charge is 2.18. The SMILES string of the molecule is CCNC(CC)c1c(C)nn(CCOCCC(C)C)c1C. The molecule has 0 radical (unpaired) electrons. The first-order chi connectivity index (χ1) is 10.0. The van der Waals surface area contributed by atoms with Gasteiger partial charge in [0.2, 0.25) is 0 Å². The van der Waals surface area contributed by atoms with Gasteiger partial charge in [0.05, 0.1) is 18.8 Å². The molecule has 0 aliphatic carbocycles. The topological polar surface area (TPSA) is 39.1 Å². The van der Waals surface area contributed by atoms with Gasteiger partial charge >= 0.3 is 0 Å². The second kappa shape index (κ2) is 9.21. The fourth-order valence-corrected chi connectivity index (χ4v) is 2.70.